The molecule has 0 N–H and O–H groups in total. The van der Waals surface area contributed by atoms with Crippen LogP contribution in [-0.4, -0.2) is 14.4 Å². The van der Waals surface area contributed by atoms with Crippen molar-refractivity contribution in [3.8, 4) is 0 Å². The molecule has 0 amide bonds. The fourth-order valence-corrected chi connectivity index (χ4v) is 8.10. The van der Waals surface area contributed by atoms with E-state index in [0.717, 1.165) is 5.92 Å². The normalized spacial score (nSPS) is 25.3. The molecule has 3 rings (SSSR count). The van der Waals surface area contributed by atoms with Gasteiger partial charge in [-0.05, 0) is 35.7 Å². The molecule has 104 valence electrons. The van der Waals surface area contributed by atoms with Crippen LogP contribution in [-0.2, 0) is 4.43 Å². The Kier molecular flexibility index (Phi) is 3.77. The van der Waals surface area contributed by atoms with Crippen molar-refractivity contribution < 1.29 is 4.43 Å². The van der Waals surface area contributed by atoms with Gasteiger partial charge >= 0.3 is 0 Å². The molecule has 1 saturated heterocycles. The van der Waals surface area contributed by atoms with Crippen LogP contribution in [0.2, 0.25) is 6.04 Å². The highest BCUT2D eigenvalue weighted by molar-refractivity contribution is 6.97. The smallest absolute Gasteiger partial charge is 0.256 e. The van der Waals surface area contributed by atoms with E-state index >= 15 is 0 Å². The number of hydrogen-bond acceptors (Lipinski definition) is 1. The largest absolute Gasteiger partial charge is 0.405 e. The van der Waals surface area contributed by atoms with E-state index < -0.39 is 8.32 Å². The van der Waals surface area contributed by atoms with Crippen LogP contribution in [0.1, 0.15) is 20.3 Å². The molecular weight excluding hydrogens is 260 g/mol. The molecule has 2 heteroatoms. The maximum absolute atomic E-state index is 6.66. The van der Waals surface area contributed by atoms with Crippen molar-refractivity contribution in [2.24, 2.45) is 5.92 Å². The standard InChI is InChI=1S/C18H22OSi/c1-15-13-16(2)19-20(14-15,17-9-5-3-6-10-17)18-11-7-4-8-12-18/h3-12,15-16H,13-14H2,1-2H3/t15-,16+/m0/s1. The van der Waals surface area contributed by atoms with Crippen LogP contribution in [0, 0.1) is 5.92 Å². The van der Waals surface area contributed by atoms with Gasteiger partial charge in [-0.2, -0.15) is 0 Å². The second-order valence-electron chi connectivity index (χ2n) is 6.03. The number of rotatable bonds is 2. The van der Waals surface area contributed by atoms with E-state index in [2.05, 4.69) is 74.5 Å². The summed E-state index contributed by atoms with van der Waals surface area (Å²) in [5, 5.41) is 2.81. The third-order valence-corrected chi connectivity index (χ3v) is 8.86. The van der Waals surface area contributed by atoms with Crippen LogP contribution < -0.4 is 10.4 Å². The van der Waals surface area contributed by atoms with Gasteiger partial charge in [0.15, 0.2) is 0 Å². The third kappa shape index (κ3) is 2.46. The van der Waals surface area contributed by atoms with Gasteiger partial charge in [0, 0.05) is 6.10 Å². The monoisotopic (exact) mass is 282 g/mol. The van der Waals surface area contributed by atoms with Gasteiger partial charge in [0.05, 0.1) is 0 Å². The van der Waals surface area contributed by atoms with E-state index in [4.69, 9.17) is 4.43 Å². The molecule has 1 aliphatic rings. The summed E-state index contributed by atoms with van der Waals surface area (Å²) in [6.45, 7) is 4.59. The Morgan fingerprint density at radius 2 is 1.35 bits per heavy atom. The van der Waals surface area contributed by atoms with Crippen molar-refractivity contribution in [2.75, 3.05) is 0 Å². The summed E-state index contributed by atoms with van der Waals surface area (Å²) in [4.78, 5) is 0. The predicted molar refractivity (Wildman–Crippen MR) is 87.0 cm³/mol. The summed E-state index contributed by atoms with van der Waals surface area (Å²) in [7, 11) is -2.06. The van der Waals surface area contributed by atoms with Crippen LogP contribution in [0.3, 0.4) is 0 Å². The topological polar surface area (TPSA) is 9.23 Å². The molecule has 0 spiro atoms. The molecule has 1 nitrogen and oxygen atoms in total. The summed E-state index contributed by atoms with van der Waals surface area (Å²) in [5.74, 6) is 0.728. The van der Waals surface area contributed by atoms with E-state index in [9.17, 15) is 0 Å². The van der Waals surface area contributed by atoms with Gasteiger partial charge in [-0.15, -0.1) is 0 Å². The molecule has 0 bridgehead atoms. The van der Waals surface area contributed by atoms with E-state index in [0.29, 0.717) is 6.10 Å². The molecule has 0 unspecified atom stereocenters. The number of hydrogen-bond donors (Lipinski definition) is 0. The molecule has 0 radical (unpaired) electrons. The first kappa shape index (κ1) is 13.6. The lowest BCUT2D eigenvalue weighted by Crippen LogP contribution is -2.64. The molecular formula is C18H22OSi. The molecule has 0 aliphatic carbocycles. The first-order valence-corrected chi connectivity index (χ1v) is 9.61. The van der Waals surface area contributed by atoms with E-state index in [1.54, 1.807) is 0 Å². The minimum atomic E-state index is -2.06. The summed E-state index contributed by atoms with van der Waals surface area (Å²) in [6, 6.07) is 22.9. The van der Waals surface area contributed by atoms with Crippen molar-refractivity contribution in [3.05, 3.63) is 60.7 Å². The van der Waals surface area contributed by atoms with Crippen LogP contribution in [0.25, 0.3) is 0 Å². The first-order valence-electron chi connectivity index (χ1n) is 7.49. The zero-order valence-electron chi connectivity index (χ0n) is 12.3. The highest BCUT2D eigenvalue weighted by Crippen LogP contribution is 2.30. The Hall–Kier alpha value is -1.38. The molecule has 0 saturated carbocycles. The lowest BCUT2D eigenvalue weighted by Gasteiger charge is -2.42. The average molecular weight is 282 g/mol. The predicted octanol–water partition coefficient (Wildman–Crippen LogP) is 3.19. The highest BCUT2D eigenvalue weighted by atomic mass is 28.4. The van der Waals surface area contributed by atoms with E-state index in [-0.39, 0.29) is 0 Å². The third-order valence-electron chi connectivity index (χ3n) is 4.25. The zero-order valence-corrected chi connectivity index (χ0v) is 13.3. The quantitative estimate of drug-likeness (QED) is 0.769. The minimum Gasteiger partial charge on any atom is -0.405 e. The first-order chi connectivity index (χ1) is 9.71. The molecule has 1 heterocycles. The lowest BCUT2D eigenvalue weighted by atomic mass is 10.1. The summed E-state index contributed by atoms with van der Waals surface area (Å²) < 4.78 is 6.66. The van der Waals surface area contributed by atoms with Crippen molar-refractivity contribution in [1.82, 2.24) is 0 Å². The Morgan fingerprint density at radius 1 is 0.850 bits per heavy atom. The van der Waals surface area contributed by atoms with Gasteiger partial charge in [-0.25, -0.2) is 0 Å². The Bertz CT molecular complexity index is 501. The second kappa shape index (κ2) is 5.55. The van der Waals surface area contributed by atoms with Gasteiger partial charge in [-0.3, -0.25) is 0 Å². The maximum atomic E-state index is 6.66. The fraction of sp³-hybridized carbons (Fsp3) is 0.333. The maximum Gasteiger partial charge on any atom is 0.256 e. The summed E-state index contributed by atoms with van der Waals surface area (Å²) >= 11 is 0. The lowest BCUT2D eigenvalue weighted by molar-refractivity contribution is 0.161. The van der Waals surface area contributed by atoms with E-state index in [1.165, 1.54) is 22.8 Å². The van der Waals surface area contributed by atoms with Crippen LogP contribution in [0.5, 0.6) is 0 Å². The Labute approximate surface area is 122 Å². The molecule has 1 aliphatic heterocycles. The van der Waals surface area contributed by atoms with E-state index in [1.807, 2.05) is 0 Å². The van der Waals surface area contributed by atoms with Crippen LogP contribution >= 0.6 is 0 Å². The molecule has 2 aromatic rings. The number of benzene rings is 2. The molecule has 1 fully saturated rings. The van der Waals surface area contributed by atoms with Gasteiger partial charge < -0.3 is 4.43 Å². The summed E-state index contributed by atoms with van der Waals surface area (Å²) in [5.41, 5.74) is 0. The van der Waals surface area contributed by atoms with Gasteiger partial charge in [0.2, 0.25) is 0 Å². The van der Waals surface area contributed by atoms with Crippen LogP contribution in [0.4, 0.5) is 0 Å². The highest BCUT2D eigenvalue weighted by Gasteiger charge is 2.45. The van der Waals surface area contributed by atoms with Gasteiger partial charge in [-0.1, -0.05) is 67.6 Å². The van der Waals surface area contributed by atoms with Crippen LogP contribution in [0.15, 0.2) is 60.7 Å². The average Bonchev–Trinajstić information content (AvgIpc) is 2.48. The van der Waals surface area contributed by atoms with Crippen molar-refractivity contribution in [1.29, 1.82) is 0 Å². The molecule has 20 heavy (non-hydrogen) atoms. The zero-order chi connectivity index (χ0) is 14.0. The molecule has 2 aromatic carbocycles. The summed E-state index contributed by atoms with van der Waals surface area (Å²) in [6.07, 6.45) is 1.53. The molecule has 2 atom stereocenters. The SMILES string of the molecule is C[C@H]1C[C@@H](C)O[Si](c2ccccc2)(c2ccccc2)C1. The second-order valence-corrected chi connectivity index (χ2v) is 9.49. The van der Waals surface area contributed by atoms with Gasteiger partial charge in [0.1, 0.15) is 0 Å². The van der Waals surface area contributed by atoms with Gasteiger partial charge in [0.25, 0.3) is 8.32 Å². The van der Waals surface area contributed by atoms with Crippen molar-refractivity contribution >= 4 is 18.7 Å². The Morgan fingerprint density at radius 3 is 1.80 bits per heavy atom. The Balaban J connectivity index is 2.13. The molecule has 0 aromatic heterocycles. The van der Waals surface area contributed by atoms with Crippen molar-refractivity contribution in [3.63, 3.8) is 0 Å². The fourth-order valence-electron chi connectivity index (χ4n) is 3.53. The van der Waals surface area contributed by atoms with Crippen molar-refractivity contribution in [2.45, 2.75) is 32.4 Å². The minimum absolute atomic E-state index is 0.353.